The van der Waals surface area contributed by atoms with Crippen LogP contribution in [0.3, 0.4) is 0 Å². The third kappa shape index (κ3) is 1.38. The smallest absolute Gasteiger partial charge is 0.313 e. The molecule has 0 unspecified atom stereocenters. The molecule has 0 saturated carbocycles. The average Bonchev–Trinajstić information content (AvgIpc) is 2.65. The molecule has 2 aromatic heterocycles. The molecule has 0 aromatic carbocycles. The van der Waals surface area contributed by atoms with Gasteiger partial charge in [-0.3, -0.25) is 0 Å². The number of anilines is 1. The van der Waals surface area contributed by atoms with Gasteiger partial charge in [-0.25, -0.2) is 4.98 Å². The van der Waals surface area contributed by atoms with E-state index in [1.165, 1.54) is 6.20 Å². The summed E-state index contributed by atoms with van der Waals surface area (Å²) in [6.45, 7) is 0. The maximum Gasteiger partial charge on any atom is 0.313 e. The molecule has 6 heteroatoms. The summed E-state index contributed by atoms with van der Waals surface area (Å²) in [5.41, 5.74) is 6.22. The highest BCUT2D eigenvalue weighted by Gasteiger charge is 2.06. The van der Waals surface area contributed by atoms with E-state index in [0.717, 1.165) is 0 Å². The molecule has 0 saturated heterocycles. The largest absolute Gasteiger partial charge is 0.402 e. The Morgan fingerprint density at radius 1 is 1.36 bits per heavy atom. The van der Waals surface area contributed by atoms with Crippen LogP contribution in [0.4, 0.5) is 6.01 Å². The van der Waals surface area contributed by atoms with E-state index in [1.807, 2.05) is 6.07 Å². The van der Waals surface area contributed by atoms with Crippen molar-refractivity contribution in [1.82, 2.24) is 15.2 Å². The Balaban J connectivity index is 2.39. The van der Waals surface area contributed by atoms with Gasteiger partial charge in [0.1, 0.15) is 11.8 Å². The van der Waals surface area contributed by atoms with Crippen LogP contribution in [0.2, 0.25) is 0 Å². The molecule has 0 aliphatic heterocycles. The molecule has 2 rings (SSSR count). The zero-order valence-electron chi connectivity index (χ0n) is 7.01. The molecule has 68 valence electrons. The Morgan fingerprint density at radius 3 is 2.71 bits per heavy atom. The molecule has 0 atom stereocenters. The van der Waals surface area contributed by atoms with Crippen LogP contribution in [0.25, 0.3) is 11.6 Å². The van der Waals surface area contributed by atoms with E-state index in [-0.39, 0.29) is 11.9 Å². The molecule has 14 heavy (non-hydrogen) atoms. The van der Waals surface area contributed by atoms with Crippen LogP contribution >= 0.6 is 0 Å². The molecule has 2 aromatic rings. The lowest BCUT2D eigenvalue weighted by molar-refractivity contribution is 0.587. The predicted octanol–water partition coefficient (Wildman–Crippen LogP) is 0.585. The van der Waals surface area contributed by atoms with Gasteiger partial charge in [0.05, 0.1) is 5.56 Å². The van der Waals surface area contributed by atoms with Crippen molar-refractivity contribution in [1.29, 1.82) is 5.26 Å². The average molecular weight is 187 g/mol. The second-order valence-electron chi connectivity index (χ2n) is 2.49. The van der Waals surface area contributed by atoms with Gasteiger partial charge in [0.25, 0.3) is 5.89 Å². The summed E-state index contributed by atoms with van der Waals surface area (Å²) in [5, 5.41) is 15.7. The lowest BCUT2D eigenvalue weighted by atomic mass is 10.3. The second kappa shape index (κ2) is 3.14. The summed E-state index contributed by atoms with van der Waals surface area (Å²) in [7, 11) is 0. The van der Waals surface area contributed by atoms with Crippen molar-refractivity contribution in [3.8, 4) is 17.7 Å². The van der Waals surface area contributed by atoms with Gasteiger partial charge in [0, 0.05) is 6.20 Å². The van der Waals surface area contributed by atoms with Crippen LogP contribution < -0.4 is 5.73 Å². The Bertz CT molecular complexity index is 481. The predicted molar refractivity (Wildman–Crippen MR) is 46.7 cm³/mol. The zero-order chi connectivity index (χ0) is 9.97. The molecule has 0 aliphatic rings. The van der Waals surface area contributed by atoms with Crippen molar-refractivity contribution in [3.05, 3.63) is 23.9 Å². The highest BCUT2D eigenvalue weighted by atomic mass is 16.4. The van der Waals surface area contributed by atoms with Crippen LogP contribution in [0.1, 0.15) is 5.56 Å². The highest BCUT2D eigenvalue weighted by Crippen LogP contribution is 2.15. The first-order chi connectivity index (χ1) is 6.79. The number of pyridine rings is 1. The standard InChI is InChI=1S/C8H5N5O/c9-3-5-1-2-6(11-4-5)7-12-13-8(10)14-7/h1-2,4H,(H2,10,13). The Labute approximate surface area is 79.0 Å². The van der Waals surface area contributed by atoms with E-state index >= 15 is 0 Å². The molecule has 0 amide bonds. The van der Waals surface area contributed by atoms with E-state index in [4.69, 9.17) is 15.4 Å². The topological polar surface area (TPSA) is 102 Å². The molecule has 0 aliphatic carbocycles. The van der Waals surface area contributed by atoms with Crippen molar-refractivity contribution in [2.45, 2.75) is 0 Å². The Hall–Kier alpha value is -2.42. The number of hydrogen-bond acceptors (Lipinski definition) is 6. The number of aromatic nitrogens is 3. The number of nitrogens with two attached hydrogens (primary N) is 1. The van der Waals surface area contributed by atoms with E-state index in [1.54, 1.807) is 12.1 Å². The summed E-state index contributed by atoms with van der Waals surface area (Å²) in [4.78, 5) is 3.96. The molecule has 0 radical (unpaired) electrons. The summed E-state index contributed by atoms with van der Waals surface area (Å²) < 4.78 is 4.95. The van der Waals surface area contributed by atoms with E-state index in [2.05, 4.69) is 15.2 Å². The molecule has 0 fully saturated rings. The summed E-state index contributed by atoms with van der Waals surface area (Å²) in [6, 6.07) is 5.18. The second-order valence-corrected chi connectivity index (χ2v) is 2.49. The van der Waals surface area contributed by atoms with Crippen LogP contribution in [0, 0.1) is 11.3 Å². The summed E-state index contributed by atoms with van der Waals surface area (Å²) in [6.07, 6.45) is 1.43. The number of nitrogen functional groups attached to an aromatic ring is 1. The fourth-order valence-electron chi connectivity index (χ4n) is 0.925. The molecule has 0 spiro atoms. The quantitative estimate of drug-likeness (QED) is 0.700. The normalized spacial score (nSPS) is 9.64. The van der Waals surface area contributed by atoms with Crippen LogP contribution in [-0.2, 0) is 0 Å². The molecular formula is C8H5N5O. The van der Waals surface area contributed by atoms with Gasteiger partial charge in [-0.15, -0.1) is 5.10 Å². The molecular weight excluding hydrogens is 182 g/mol. The summed E-state index contributed by atoms with van der Waals surface area (Å²) in [5.74, 6) is 0.243. The van der Waals surface area contributed by atoms with Gasteiger partial charge < -0.3 is 10.2 Å². The van der Waals surface area contributed by atoms with E-state index < -0.39 is 0 Å². The molecule has 6 nitrogen and oxygen atoms in total. The first-order valence-corrected chi connectivity index (χ1v) is 3.75. The number of hydrogen-bond donors (Lipinski definition) is 1. The summed E-state index contributed by atoms with van der Waals surface area (Å²) >= 11 is 0. The van der Waals surface area contributed by atoms with Crippen LogP contribution in [0.5, 0.6) is 0 Å². The minimum atomic E-state index is -0.00819. The minimum Gasteiger partial charge on any atom is -0.402 e. The fourth-order valence-corrected chi connectivity index (χ4v) is 0.925. The van der Waals surface area contributed by atoms with Gasteiger partial charge in [0.15, 0.2) is 0 Å². The molecule has 0 bridgehead atoms. The Morgan fingerprint density at radius 2 is 2.21 bits per heavy atom. The third-order valence-electron chi connectivity index (χ3n) is 1.55. The lowest BCUT2D eigenvalue weighted by Crippen LogP contribution is -1.84. The SMILES string of the molecule is N#Cc1ccc(-c2nnc(N)o2)nc1. The van der Waals surface area contributed by atoms with Crippen molar-refractivity contribution in [2.75, 3.05) is 5.73 Å². The molecule has 2 heterocycles. The number of nitrogens with zero attached hydrogens (tertiary/aromatic N) is 4. The van der Waals surface area contributed by atoms with E-state index in [0.29, 0.717) is 11.3 Å². The maximum atomic E-state index is 8.54. The lowest BCUT2D eigenvalue weighted by Gasteiger charge is -1.92. The van der Waals surface area contributed by atoms with Crippen LogP contribution in [-0.4, -0.2) is 15.2 Å². The van der Waals surface area contributed by atoms with Gasteiger partial charge in [0.2, 0.25) is 0 Å². The maximum absolute atomic E-state index is 8.54. The van der Waals surface area contributed by atoms with Crippen molar-refractivity contribution >= 4 is 6.01 Å². The van der Waals surface area contributed by atoms with Crippen molar-refractivity contribution < 1.29 is 4.42 Å². The van der Waals surface area contributed by atoms with Gasteiger partial charge in [-0.05, 0) is 12.1 Å². The van der Waals surface area contributed by atoms with Crippen molar-refractivity contribution in [2.24, 2.45) is 0 Å². The fraction of sp³-hybridized carbons (Fsp3) is 0. The highest BCUT2D eigenvalue weighted by molar-refractivity contribution is 5.48. The van der Waals surface area contributed by atoms with Gasteiger partial charge in [-0.1, -0.05) is 5.10 Å². The minimum absolute atomic E-state index is 0.00819. The van der Waals surface area contributed by atoms with Crippen molar-refractivity contribution in [3.63, 3.8) is 0 Å². The Kier molecular flexibility index (Phi) is 1.84. The van der Waals surface area contributed by atoms with Gasteiger partial charge >= 0.3 is 6.01 Å². The van der Waals surface area contributed by atoms with Crippen LogP contribution in [0.15, 0.2) is 22.7 Å². The number of nitriles is 1. The zero-order valence-corrected chi connectivity index (χ0v) is 7.01. The third-order valence-corrected chi connectivity index (χ3v) is 1.55. The van der Waals surface area contributed by atoms with E-state index in [9.17, 15) is 0 Å². The monoisotopic (exact) mass is 187 g/mol. The number of rotatable bonds is 1. The first-order valence-electron chi connectivity index (χ1n) is 3.75. The first kappa shape index (κ1) is 8.19. The van der Waals surface area contributed by atoms with Gasteiger partial charge in [-0.2, -0.15) is 5.26 Å². The molecule has 2 N–H and O–H groups in total.